The second-order valence-corrected chi connectivity index (χ2v) is 4.89. The third-order valence-corrected chi connectivity index (χ3v) is 3.66. The van der Waals surface area contributed by atoms with E-state index in [1.807, 2.05) is 31.2 Å². The molecule has 0 aliphatic rings. The van der Waals surface area contributed by atoms with Gasteiger partial charge in [-0.3, -0.25) is 4.79 Å². The average molecular weight is 265 g/mol. The van der Waals surface area contributed by atoms with Crippen LogP contribution in [-0.2, 0) is 6.54 Å². The lowest BCUT2D eigenvalue weighted by atomic mass is 10.1. The van der Waals surface area contributed by atoms with Gasteiger partial charge in [-0.05, 0) is 30.7 Å². The van der Waals surface area contributed by atoms with Crippen LogP contribution in [0.25, 0.3) is 10.9 Å². The zero-order valence-corrected chi connectivity index (χ0v) is 11.2. The third kappa shape index (κ3) is 1.97. The number of phenolic OH excluding ortho intramolecular Hbond substituents is 1. The summed E-state index contributed by atoms with van der Waals surface area (Å²) < 4.78 is 2.10. The Labute approximate surface area is 117 Å². The molecule has 0 atom stereocenters. The Balaban J connectivity index is 2.20. The minimum atomic E-state index is 0.178. The third-order valence-electron chi connectivity index (χ3n) is 3.66. The molecular formula is C17H15NO2. The van der Waals surface area contributed by atoms with Crippen molar-refractivity contribution in [2.24, 2.45) is 0 Å². The zero-order chi connectivity index (χ0) is 14.1. The summed E-state index contributed by atoms with van der Waals surface area (Å²) >= 11 is 0. The quantitative estimate of drug-likeness (QED) is 0.736. The molecule has 2 aromatic carbocycles. The lowest BCUT2D eigenvalue weighted by molar-refractivity contribution is 0.112. The van der Waals surface area contributed by atoms with Crippen LogP contribution >= 0.6 is 0 Å². The van der Waals surface area contributed by atoms with Gasteiger partial charge in [-0.1, -0.05) is 30.3 Å². The molecule has 0 aliphatic carbocycles. The van der Waals surface area contributed by atoms with E-state index in [1.54, 1.807) is 12.1 Å². The van der Waals surface area contributed by atoms with Crippen LogP contribution in [0.1, 0.15) is 21.6 Å². The maximum atomic E-state index is 11.3. The Morgan fingerprint density at radius 3 is 2.60 bits per heavy atom. The monoisotopic (exact) mass is 265 g/mol. The van der Waals surface area contributed by atoms with Crippen LogP contribution in [0.15, 0.2) is 48.5 Å². The van der Waals surface area contributed by atoms with Crippen molar-refractivity contribution in [3.05, 3.63) is 65.4 Å². The molecule has 0 bridgehead atoms. The Morgan fingerprint density at radius 2 is 1.90 bits per heavy atom. The Morgan fingerprint density at radius 1 is 1.15 bits per heavy atom. The molecular weight excluding hydrogens is 250 g/mol. The van der Waals surface area contributed by atoms with Gasteiger partial charge < -0.3 is 9.67 Å². The first kappa shape index (κ1) is 12.5. The summed E-state index contributed by atoms with van der Waals surface area (Å²) in [6, 6.07) is 15.3. The molecule has 1 heterocycles. The van der Waals surface area contributed by atoms with Gasteiger partial charge in [0.05, 0.1) is 0 Å². The molecule has 100 valence electrons. The summed E-state index contributed by atoms with van der Waals surface area (Å²) in [5, 5.41) is 10.4. The van der Waals surface area contributed by atoms with Gasteiger partial charge in [-0.2, -0.15) is 0 Å². The first-order valence-corrected chi connectivity index (χ1v) is 6.51. The molecule has 0 radical (unpaired) electrons. The van der Waals surface area contributed by atoms with Crippen LogP contribution in [-0.4, -0.2) is 16.0 Å². The van der Waals surface area contributed by atoms with Crippen molar-refractivity contribution in [3.8, 4) is 5.75 Å². The normalized spacial score (nSPS) is 10.8. The van der Waals surface area contributed by atoms with Gasteiger partial charge >= 0.3 is 0 Å². The Kier molecular flexibility index (Phi) is 3.03. The van der Waals surface area contributed by atoms with Gasteiger partial charge in [0.15, 0.2) is 6.29 Å². The van der Waals surface area contributed by atoms with E-state index in [0.717, 1.165) is 22.9 Å². The lowest BCUT2D eigenvalue weighted by Gasteiger charge is -2.08. The molecule has 3 nitrogen and oxygen atoms in total. The summed E-state index contributed by atoms with van der Waals surface area (Å²) in [6.45, 7) is 2.64. The maximum absolute atomic E-state index is 11.3. The second-order valence-electron chi connectivity index (χ2n) is 4.89. The van der Waals surface area contributed by atoms with Crippen molar-refractivity contribution in [1.82, 2.24) is 4.57 Å². The number of aromatic hydroxyl groups is 1. The van der Waals surface area contributed by atoms with E-state index in [9.17, 15) is 9.90 Å². The fourth-order valence-corrected chi connectivity index (χ4v) is 2.61. The molecule has 0 amide bonds. The first-order valence-electron chi connectivity index (χ1n) is 6.51. The number of rotatable bonds is 3. The minimum absolute atomic E-state index is 0.178. The largest absolute Gasteiger partial charge is 0.508 e. The number of hydrogen-bond donors (Lipinski definition) is 1. The van der Waals surface area contributed by atoms with Crippen LogP contribution in [0, 0.1) is 6.92 Å². The van der Waals surface area contributed by atoms with E-state index in [4.69, 9.17) is 0 Å². The van der Waals surface area contributed by atoms with E-state index >= 15 is 0 Å². The summed E-state index contributed by atoms with van der Waals surface area (Å²) in [6.07, 6.45) is 0.860. The van der Waals surface area contributed by atoms with Gasteiger partial charge in [0.2, 0.25) is 0 Å². The fraction of sp³-hybridized carbons (Fsp3) is 0.118. The average Bonchev–Trinajstić information content (AvgIpc) is 2.71. The lowest BCUT2D eigenvalue weighted by Crippen LogP contribution is -2.02. The van der Waals surface area contributed by atoms with Gasteiger partial charge in [0, 0.05) is 28.7 Å². The minimum Gasteiger partial charge on any atom is -0.508 e. The highest BCUT2D eigenvalue weighted by Gasteiger charge is 2.14. The molecule has 0 spiro atoms. The highest BCUT2D eigenvalue weighted by atomic mass is 16.3. The van der Waals surface area contributed by atoms with Crippen LogP contribution in [0.5, 0.6) is 5.75 Å². The molecule has 1 aromatic heterocycles. The number of carbonyl (C=O) groups is 1. The number of benzene rings is 2. The number of hydrogen-bond acceptors (Lipinski definition) is 2. The van der Waals surface area contributed by atoms with Crippen LogP contribution in [0.3, 0.4) is 0 Å². The summed E-state index contributed by atoms with van der Waals surface area (Å²) in [5.41, 5.74) is 3.71. The zero-order valence-electron chi connectivity index (χ0n) is 11.2. The Bertz CT molecular complexity index is 773. The highest BCUT2D eigenvalue weighted by Crippen LogP contribution is 2.28. The van der Waals surface area contributed by atoms with Crippen LogP contribution in [0.4, 0.5) is 0 Å². The smallest absolute Gasteiger partial charge is 0.152 e. The summed E-state index contributed by atoms with van der Waals surface area (Å²) in [7, 11) is 0. The fourth-order valence-electron chi connectivity index (χ4n) is 2.61. The van der Waals surface area contributed by atoms with Gasteiger partial charge in [0.25, 0.3) is 0 Å². The molecule has 3 rings (SSSR count). The molecule has 0 aliphatic heterocycles. The topological polar surface area (TPSA) is 42.2 Å². The molecule has 1 N–H and O–H groups in total. The summed E-state index contributed by atoms with van der Waals surface area (Å²) in [4.78, 5) is 11.3. The molecule has 3 heteroatoms. The van der Waals surface area contributed by atoms with Crippen molar-refractivity contribution >= 4 is 17.2 Å². The van der Waals surface area contributed by atoms with E-state index in [2.05, 4.69) is 16.7 Å². The van der Waals surface area contributed by atoms with E-state index < -0.39 is 0 Å². The second kappa shape index (κ2) is 4.85. The van der Waals surface area contributed by atoms with Crippen LogP contribution < -0.4 is 0 Å². The SMILES string of the molecule is Cc1c(C=O)c2cc(O)ccc2n1Cc1ccccc1. The standard InChI is InChI=1S/C17H15NO2/c1-12-16(11-19)15-9-14(20)7-8-17(15)18(12)10-13-5-3-2-4-6-13/h2-9,11,20H,10H2,1H3. The number of nitrogens with zero attached hydrogens (tertiary/aromatic N) is 1. The molecule has 0 unspecified atom stereocenters. The number of carbonyl (C=O) groups excluding carboxylic acids is 1. The number of phenols is 1. The van der Waals surface area contributed by atoms with E-state index in [0.29, 0.717) is 12.1 Å². The number of aldehydes is 1. The predicted octanol–water partition coefficient (Wildman–Crippen LogP) is 3.52. The van der Waals surface area contributed by atoms with Crippen molar-refractivity contribution in [3.63, 3.8) is 0 Å². The van der Waals surface area contributed by atoms with Crippen molar-refractivity contribution in [2.75, 3.05) is 0 Å². The number of fused-ring (bicyclic) bond motifs is 1. The summed E-state index contributed by atoms with van der Waals surface area (Å²) in [5.74, 6) is 0.178. The van der Waals surface area contributed by atoms with Gasteiger partial charge in [-0.15, -0.1) is 0 Å². The predicted molar refractivity (Wildman–Crippen MR) is 79.3 cm³/mol. The molecule has 0 fully saturated rings. The van der Waals surface area contributed by atoms with E-state index in [-0.39, 0.29) is 5.75 Å². The molecule has 0 saturated heterocycles. The molecule has 0 saturated carbocycles. The van der Waals surface area contributed by atoms with E-state index in [1.165, 1.54) is 5.56 Å². The first-order chi connectivity index (χ1) is 9.70. The van der Waals surface area contributed by atoms with Crippen molar-refractivity contribution < 1.29 is 9.90 Å². The van der Waals surface area contributed by atoms with Crippen molar-refractivity contribution in [2.45, 2.75) is 13.5 Å². The maximum Gasteiger partial charge on any atom is 0.152 e. The Hall–Kier alpha value is -2.55. The molecule has 3 aromatic rings. The molecule has 20 heavy (non-hydrogen) atoms. The highest BCUT2D eigenvalue weighted by molar-refractivity contribution is 6.00. The number of aromatic nitrogens is 1. The van der Waals surface area contributed by atoms with Crippen LogP contribution in [0.2, 0.25) is 0 Å². The van der Waals surface area contributed by atoms with Crippen molar-refractivity contribution in [1.29, 1.82) is 0 Å². The van der Waals surface area contributed by atoms with Gasteiger partial charge in [0.1, 0.15) is 5.75 Å². The van der Waals surface area contributed by atoms with Gasteiger partial charge in [-0.25, -0.2) is 0 Å².